The second-order valence-electron chi connectivity index (χ2n) is 8.79. The largest absolute Gasteiger partial charge is 0.305 e. The van der Waals surface area contributed by atoms with Gasteiger partial charge >= 0.3 is 0 Å². The second-order valence-corrected chi connectivity index (χ2v) is 8.79. The molecule has 0 aliphatic heterocycles. The maximum absolute atomic E-state index is 4.37. The van der Waals surface area contributed by atoms with Gasteiger partial charge in [-0.05, 0) is 71.8 Å². The maximum atomic E-state index is 4.37. The summed E-state index contributed by atoms with van der Waals surface area (Å²) in [6.07, 6.45) is 9.35. The van der Waals surface area contributed by atoms with Gasteiger partial charge in [0.1, 0.15) is 0 Å². The Morgan fingerprint density at radius 3 is 1.22 bits per heavy atom. The molecule has 207 valence electrons. The number of hydrogen-bond acceptors (Lipinski definition) is 4. The van der Waals surface area contributed by atoms with Crippen molar-refractivity contribution in [3.63, 3.8) is 0 Å². The molecule has 2 aromatic carbocycles. The summed E-state index contributed by atoms with van der Waals surface area (Å²) in [5.74, 6) is 0. The average molecular weight is 713 g/mol. The third-order valence-corrected chi connectivity index (χ3v) is 6.03. The Labute approximate surface area is 257 Å². The Morgan fingerprint density at radius 2 is 0.878 bits per heavy atom. The Hall–Kier alpha value is -4.31. The van der Waals surface area contributed by atoms with E-state index in [0.29, 0.717) is 0 Å². The SMILES string of the molecule is CCc1ccnc(-c2cc(CC)ccn2)c1.[Ir].[c-]1ccccc1-c1ccccn1.[c-]1ccccc1-c1ccccn1. The topological polar surface area (TPSA) is 51.6 Å². The summed E-state index contributed by atoms with van der Waals surface area (Å²) in [5.41, 5.74) is 8.55. The van der Waals surface area contributed by atoms with E-state index in [1.54, 1.807) is 12.4 Å². The molecule has 0 aliphatic carbocycles. The molecule has 0 saturated carbocycles. The number of hydrogen-bond donors (Lipinski definition) is 0. The van der Waals surface area contributed by atoms with Crippen molar-refractivity contribution in [2.24, 2.45) is 0 Å². The van der Waals surface area contributed by atoms with Crippen molar-refractivity contribution in [1.29, 1.82) is 0 Å². The molecule has 0 unspecified atom stereocenters. The fraction of sp³-hybridized carbons (Fsp3) is 0.111. The van der Waals surface area contributed by atoms with Gasteiger partial charge in [-0.15, -0.1) is 71.8 Å². The predicted octanol–water partition coefficient (Wildman–Crippen LogP) is 8.36. The minimum Gasteiger partial charge on any atom is -0.305 e. The molecule has 0 fully saturated rings. The second kappa shape index (κ2) is 17.4. The van der Waals surface area contributed by atoms with Gasteiger partial charge in [-0.3, -0.25) is 9.97 Å². The van der Waals surface area contributed by atoms with Gasteiger partial charge in [0.05, 0.1) is 11.4 Å². The number of rotatable bonds is 5. The third kappa shape index (κ3) is 9.99. The molecular formula is C36H32IrN4-2. The normalized spacial score (nSPS) is 9.71. The van der Waals surface area contributed by atoms with Gasteiger partial charge in [-0.25, -0.2) is 0 Å². The van der Waals surface area contributed by atoms with Gasteiger partial charge in [-0.2, -0.15) is 0 Å². The predicted molar refractivity (Wildman–Crippen MR) is 163 cm³/mol. The van der Waals surface area contributed by atoms with Crippen molar-refractivity contribution in [1.82, 2.24) is 19.9 Å². The molecule has 0 N–H and O–H groups in total. The van der Waals surface area contributed by atoms with E-state index in [-0.39, 0.29) is 20.1 Å². The van der Waals surface area contributed by atoms with Crippen LogP contribution in [-0.2, 0) is 32.9 Å². The van der Waals surface area contributed by atoms with E-state index in [1.807, 2.05) is 109 Å². The van der Waals surface area contributed by atoms with E-state index >= 15 is 0 Å². The number of pyridine rings is 4. The van der Waals surface area contributed by atoms with Crippen molar-refractivity contribution < 1.29 is 20.1 Å². The van der Waals surface area contributed by atoms with Crippen LogP contribution in [0.1, 0.15) is 25.0 Å². The van der Waals surface area contributed by atoms with Crippen LogP contribution in [0.25, 0.3) is 33.9 Å². The molecule has 4 aromatic heterocycles. The number of aryl methyl sites for hydroxylation is 2. The smallest absolute Gasteiger partial charge is 0.0888 e. The zero-order valence-electron chi connectivity index (χ0n) is 23.2. The van der Waals surface area contributed by atoms with Crippen LogP contribution in [0.5, 0.6) is 0 Å². The van der Waals surface area contributed by atoms with Crippen molar-refractivity contribution in [3.05, 3.63) is 157 Å². The van der Waals surface area contributed by atoms with Crippen molar-refractivity contribution in [2.45, 2.75) is 26.7 Å². The fourth-order valence-corrected chi connectivity index (χ4v) is 3.82. The first-order valence-electron chi connectivity index (χ1n) is 13.4. The fourth-order valence-electron chi connectivity index (χ4n) is 3.82. The number of nitrogens with zero attached hydrogens (tertiary/aromatic N) is 4. The number of aromatic nitrogens is 4. The molecule has 0 aliphatic rings. The Kier molecular flexibility index (Phi) is 13.2. The molecule has 4 heterocycles. The summed E-state index contributed by atoms with van der Waals surface area (Å²) in [4.78, 5) is 17.2. The van der Waals surface area contributed by atoms with Gasteiger partial charge < -0.3 is 9.97 Å². The molecule has 6 rings (SSSR count). The average Bonchev–Trinajstić information content (AvgIpc) is 3.07. The van der Waals surface area contributed by atoms with Crippen LogP contribution in [0.4, 0.5) is 0 Å². The molecule has 5 heteroatoms. The molecule has 1 radical (unpaired) electrons. The first-order valence-corrected chi connectivity index (χ1v) is 13.4. The molecule has 0 saturated heterocycles. The zero-order valence-corrected chi connectivity index (χ0v) is 25.6. The minimum atomic E-state index is 0. The monoisotopic (exact) mass is 713 g/mol. The van der Waals surface area contributed by atoms with Crippen molar-refractivity contribution in [2.75, 3.05) is 0 Å². The van der Waals surface area contributed by atoms with E-state index < -0.39 is 0 Å². The van der Waals surface area contributed by atoms with Gasteiger partial charge in [0.2, 0.25) is 0 Å². The van der Waals surface area contributed by atoms with E-state index in [1.165, 1.54) is 11.1 Å². The third-order valence-electron chi connectivity index (χ3n) is 6.03. The molecule has 4 nitrogen and oxygen atoms in total. The van der Waals surface area contributed by atoms with Crippen LogP contribution in [0.2, 0.25) is 0 Å². The molecular weight excluding hydrogens is 681 g/mol. The number of benzene rings is 2. The van der Waals surface area contributed by atoms with Crippen molar-refractivity contribution in [3.8, 4) is 33.9 Å². The zero-order chi connectivity index (χ0) is 27.8. The first-order chi connectivity index (χ1) is 19.8. The molecule has 0 atom stereocenters. The van der Waals surface area contributed by atoms with E-state index in [4.69, 9.17) is 0 Å². The molecule has 0 spiro atoms. The molecule has 0 amide bonds. The van der Waals surface area contributed by atoms with E-state index in [9.17, 15) is 0 Å². The van der Waals surface area contributed by atoms with Crippen LogP contribution in [0.15, 0.2) is 134 Å². The molecule has 6 aromatic rings. The summed E-state index contributed by atoms with van der Waals surface area (Å²) >= 11 is 0. The standard InChI is InChI=1S/C14H16N2.2C11H8N.Ir/c1-3-11-5-7-15-13(9-11)14-10-12(4-2)6-8-16-14;2*1-2-6-10(7-3-1)11-8-4-5-9-12-11;/h5-10H,3-4H2,1-2H3;2*1-6,8-9H;/q;2*-1;. The summed E-state index contributed by atoms with van der Waals surface area (Å²) in [7, 11) is 0. The van der Waals surface area contributed by atoms with Crippen molar-refractivity contribution >= 4 is 0 Å². The van der Waals surface area contributed by atoms with Gasteiger partial charge in [0.25, 0.3) is 0 Å². The summed E-state index contributed by atoms with van der Waals surface area (Å²) < 4.78 is 0. The van der Waals surface area contributed by atoms with E-state index in [0.717, 1.165) is 46.7 Å². The Morgan fingerprint density at radius 1 is 0.463 bits per heavy atom. The van der Waals surface area contributed by atoms with Crippen LogP contribution < -0.4 is 0 Å². The molecule has 0 bridgehead atoms. The van der Waals surface area contributed by atoms with Gasteiger partial charge in [0, 0.05) is 44.9 Å². The summed E-state index contributed by atoms with van der Waals surface area (Å²) in [6, 6.07) is 42.0. The molecule has 41 heavy (non-hydrogen) atoms. The van der Waals surface area contributed by atoms with E-state index in [2.05, 4.69) is 58.0 Å². The van der Waals surface area contributed by atoms with Crippen LogP contribution in [-0.4, -0.2) is 19.9 Å². The van der Waals surface area contributed by atoms with Gasteiger partial charge in [0.15, 0.2) is 0 Å². The van der Waals surface area contributed by atoms with Crippen LogP contribution in [0, 0.1) is 12.1 Å². The first kappa shape index (κ1) is 31.2. The quantitative estimate of drug-likeness (QED) is 0.169. The maximum Gasteiger partial charge on any atom is 0.0888 e. The van der Waals surface area contributed by atoms with Gasteiger partial charge in [-0.1, -0.05) is 38.1 Å². The van der Waals surface area contributed by atoms with Crippen LogP contribution in [0.3, 0.4) is 0 Å². The summed E-state index contributed by atoms with van der Waals surface area (Å²) in [5, 5.41) is 0. The Bertz CT molecular complexity index is 1350. The van der Waals surface area contributed by atoms with Crippen LogP contribution >= 0.6 is 0 Å². The minimum absolute atomic E-state index is 0. The Balaban J connectivity index is 0.000000169. The summed E-state index contributed by atoms with van der Waals surface area (Å²) in [6.45, 7) is 4.30.